The van der Waals surface area contributed by atoms with Gasteiger partial charge in [-0.25, -0.2) is 4.79 Å². The number of nitrogens with one attached hydrogen (secondary N) is 1. The van der Waals surface area contributed by atoms with Gasteiger partial charge in [0.15, 0.2) is 11.5 Å². The van der Waals surface area contributed by atoms with Gasteiger partial charge in [0.05, 0.1) is 34.1 Å². The van der Waals surface area contributed by atoms with Crippen molar-refractivity contribution in [3.05, 3.63) is 70.2 Å². The van der Waals surface area contributed by atoms with Crippen LogP contribution in [0.25, 0.3) is 12.2 Å². The summed E-state index contributed by atoms with van der Waals surface area (Å²) in [5.74, 6) is 2.58. The Bertz CT molecular complexity index is 1120. The summed E-state index contributed by atoms with van der Waals surface area (Å²) in [6.07, 6.45) is 3.17. The highest BCUT2D eigenvalue weighted by Crippen LogP contribution is 2.38. The van der Waals surface area contributed by atoms with E-state index in [1.165, 1.54) is 7.11 Å². The van der Waals surface area contributed by atoms with Gasteiger partial charge in [0, 0.05) is 4.47 Å². The first-order valence-electron chi connectivity index (χ1n) is 9.88. The third-order valence-corrected chi connectivity index (χ3v) is 5.17. The molecule has 0 atom stereocenters. The van der Waals surface area contributed by atoms with E-state index in [9.17, 15) is 4.79 Å². The van der Waals surface area contributed by atoms with Gasteiger partial charge in [0.25, 0.3) is 0 Å². The van der Waals surface area contributed by atoms with Crippen molar-refractivity contribution in [1.29, 1.82) is 0 Å². The summed E-state index contributed by atoms with van der Waals surface area (Å²) >= 11 is 3.35. The molecular weight excluding hydrogens is 490 g/mol. The fraction of sp³-hybridized carbons (Fsp3) is 0.160. The number of halogens is 1. The summed E-state index contributed by atoms with van der Waals surface area (Å²) in [7, 11) is 6.23. The van der Waals surface area contributed by atoms with Crippen LogP contribution >= 0.6 is 15.9 Å². The van der Waals surface area contributed by atoms with Crippen LogP contribution in [-0.2, 0) is 0 Å². The zero-order chi connectivity index (χ0) is 23.8. The minimum absolute atomic E-state index is 0.424. The number of rotatable bonds is 8. The van der Waals surface area contributed by atoms with Crippen LogP contribution in [0.3, 0.4) is 0 Å². The molecule has 7 nitrogen and oxygen atoms in total. The first-order valence-corrected chi connectivity index (χ1v) is 10.7. The van der Waals surface area contributed by atoms with E-state index < -0.39 is 6.09 Å². The molecule has 172 valence electrons. The Hall–Kier alpha value is -3.65. The van der Waals surface area contributed by atoms with Crippen molar-refractivity contribution in [1.82, 2.24) is 0 Å². The summed E-state index contributed by atoms with van der Waals surface area (Å²) < 4.78 is 27.8. The van der Waals surface area contributed by atoms with Crippen molar-refractivity contribution in [3.8, 4) is 28.7 Å². The molecule has 0 heterocycles. The summed E-state index contributed by atoms with van der Waals surface area (Å²) in [4.78, 5) is 12.4. The maximum atomic E-state index is 12.4. The number of methoxy groups -OCH3 is 4. The number of ether oxygens (including phenoxy) is 5. The number of carbonyl (C=O) groups is 1. The molecule has 0 spiro atoms. The maximum absolute atomic E-state index is 12.4. The Kier molecular flexibility index (Phi) is 8.21. The van der Waals surface area contributed by atoms with Gasteiger partial charge in [-0.15, -0.1) is 0 Å². The smallest absolute Gasteiger partial charge is 0.417 e. The molecule has 0 saturated heterocycles. The van der Waals surface area contributed by atoms with Gasteiger partial charge in [-0.1, -0.05) is 34.1 Å². The van der Waals surface area contributed by atoms with Gasteiger partial charge in [0.1, 0.15) is 11.5 Å². The Morgan fingerprint density at radius 3 is 1.94 bits per heavy atom. The molecule has 0 radical (unpaired) electrons. The van der Waals surface area contributed by atoms with E-state index in [2.05, 4.69) is 21.2 Å². The summed E-state index contributed by atoms with van der Waals surface area (Å²) in [5, 5.41) is 2.73. The molecule has 33 heavy (non-hydrogen) atoms. The standard InChI is InChI=1S/C25H24BrNO6/c1-29-21-12-7-16(5-6-17-14-22(30-2)24(32-4)23(15-17)31-3)13-20(21)27-25(28)33-19-10-8-18(26)9-11-19/h5-15H,1-4H3,(H,27,28)/b6-5-. The Morgan fingerprint density at radius 1 is 0.758 bits per heavy atom. The number of hydrogen-bond donors (Lipinski definition) is 1. The van der Waals surface area contributed by atoms with Gasteiger partial charge in [0.2, 0.25) is 5.75 Å². The van der Waals surface area contributed by atoms with Crippen LogP contribution in [0.2, 0.25) is 0 Å². The van der Waals surface area contributed by atoms with Crippen molar-refractivity contribution in [2.24, 2.45) is 0 Å². The lowest BCUT2D eigenvalue weighted by Crippen LogP contribution is -2.17. The second-order valence-electron chi connectivity index (χ2n) is 6.72. The first-order chi connectivity index (χ1) is 16.0. The van der Waals surface area contributed by atoms with Gasteiger partial charge in [-0.05, 0) is 59.7 Å². The predicted molar refractivity (Wildman–Crippen MR) is 132 cm³/mol. The molecule has 0 aliphatic heterocycles. The van der Waals surface area contributed by atoms with Crippen LogP contribution < -0.4 is 29.0 Å². The topological polar surface area (TPSA) is 75.3 Å². The van der Waals surface area contributed by atoms with Crippen molar-refractivity contribution in [3.63, 3.8) is 0 Å². The van der Waals surface area contributed by atoms with Crippen LogP contribution in [0.1, 0.15) is 11.1 Å². The molecule has 0 aliphatic carbocycles. The minimum atomic E-state index is -0.624. The summed E-state index contributed by atoms with van der Waals surface area (Å²) in [6.45, 7) is 0. The molecule has 0 aliphatic rings. The molecule has 0 bridgehead atoms. The molecule has 3 rings (SSSR count). The number of benzene rings is 3. The molecule has 0 saturated carbocycles. The monoisotopic (exact) mass is 513 g/mol. The zero-order valence-electron chi connectivity index (χ0n) is 18.7. The molecular formula is C25H24BrNO6. The fourth-order valence-corrected chi connectivity index (χ4v) is 3.33. The zero-order valence-corrected chi connectivity index (χ0v) is 20.3. The van der Waals surface area contributed by atoms with Gasteiger partial charge in [-0.3, -0.25) is 5.32 Å². The maximum Gasteiger partial charge on any atom is 0.417 e. The average molecular weight is 514 g/mol. The highest BCUT2D eigenvalue weighted by Gasteiger charge is 2.13. The lowest BCUT2D eigenvalue weighted by atomic mass is 10.1. The van der Waals surface area contributed by atoms with E-state index in [0.29, 0.717) is 34.4 Å². The highest BCUT2D eigenvalue weighted by molar-refractivity contribution is 9.10. The van der Waals surface area contributed by atoms with E-state index in [1.54, 1.807) is 57.7 Å². The average Bonchev–Trinajstić information content (AvgIpc) is 2.83. The second-order valence-corrected chi connectivity index (χ2v) is 7.64. The SMILES string of the molecule is COc1ccc(/C=C\c2cc(OC)c(OC)c(OC)c2)cc1NC(=O)Oc1ccc(Br)cc1. The van der Waals surface area contributed by atoms with Crippen LogP contribution in [0.15, 0.2) is 59.1 Å². The molecule has 3 aromatic rings. The number of anilines is 1. The third kappa shape index (κ3) is 6.20. The molecule has 1 N–H and O–H groups in total. The predicted octanol–water partition coefficient (Wildman–Crippen LogP) is 6.26. The number of amides is 1. The normalized spacial score (nSPS) is 10.6. The van der Waals surface area contributed by atoms with E-state index >= 15 is 0 Å². The third-order valence-electron chi connectivity index (χ3n) is 4.64. The number of carbonyl (C=O) groups excluding carboxylic acids is 1. The quantitative estimate of drug-likeness (QED) is 0.358. The molecule has 0 unspecified atom stereocenters. The Balaban J connectivity index is 1.81. The van der Waals surface area contributed by atoms with E-state index in [4.69, 9.17) is 23.7 Å². The first kappa shape index (κ1) is 24.0. The molecule has 3 aromatic carbocycles. The van der Waals surface area contributed by atoms with Gasteiger partial charge >= 0.3 is 6.09 Å². The summed E-state index contributed by atoms with van der Waals surface area (Å²) in [5.41, 5.74) is 2.17. The molecule has 8 heteroatoms. The van der Waals surface area contributed by atoms with Crippen molar-refractivity contribution >= 4 is 39.9 Å². The molecule has 0 fully saturated rings. The lowest BCUT2D eigenvalue weighted by molar-refractivity contribution is 0.215. The van der Waals surface area contributed by atoms with Crippen LogP contribution in [0.5, 0.6) is 28.7 Å². The number of hydrogen-bond acceptors (Lipinski definition) is 6. The van der Waals surface area contributed by atoms with Crippen molar-refractivity contribution in [2.75, 3.05) is 33.8 Å². The second kappa shape index (κ2) is 11.3. The van der Waals surface area contributed by atoms with Crippen molar-refractivity contribution < 1.29 is 28.5 Å². The van der Waals surface area contributed by atoms with E-state index in [1.807, 2.05) is 30.4 Å². The van der Waals surface area contributed by atoms with Crippen LogP contribution in [0.4, 0.5) is 10.5 Å². The highest BCUT2D eigenvalue weighted by atomic mass is 79.9. The largest absolute Gasteiger partial charge is 0.495 e. The fourth-order valence-electron chi connectivity index (χ4n) is 3.06. The van der Waals surface area contributed by atoms with Gasteiger partial charge < -0.3 is 23.7 Å². The van der Waals surface area contributed by atoms with Crippen molar-refractivity contribution in [2.45, 2.75) is 0 Å². The molecule has 1 amide bonds. The Morgan fingerprint density at radius 2 is 1.36 bits per heavy atom. The molecule has 0 aromatic heterocycles. The lowest BCUT2D eigenvalue weighted by Gasteiger charge is -2.13. The summed E-state index contributed by atoms with van der Waals surface area (Å²) in [6, 6.07) is 16.1. The van der Waals surface area contributed by atoms with Crippen LogP contribution in [-0.4, -0.2) is 34.5 Å². The van der Waals surface area contributed by atoms with E-state index in [0.717, 1.165) is 15.6 Å². The van der Waals surface area contributed by atoms with E-state index in [-0.39, 0.29) is 0 Å². The Labute approximate surface area is 201 Å². The van der Waals surface area contributed by atoms with Crippen LogP contribution in [0, 0.1) is 0 Å². The van der Waals surface area contributed by atoms with Gasteiger partial charge in [-0.2, -0.15) is 0 Å². The minimum Gasteiger partial charge on any atom is -0.495 e.